The maximum absolute atomic E-state index is 13.9. The fourth-order valence-electron chi connectivity index (χ4n) is 5.31. The summed E-state index contributed by atoms with van der Waals surface area (Å²) in [6.07, 6.45) is 4.70. The summed E-state index contributed by atoms with van der Waals surface area (Å²) in [5.74, 6) is -1.14. The van der Waals surface area contributed by atoms with Gasteiger partial charge in [0, 0.05) is 31.8 Å². The van der Waals surface area contributed by atoms with Crippen molar-refractivity contribution < 1.29 is 18.8 Å². The Hall–Kier alpha value is -3.87. The standard InChI is InChI=1S/C28H26FN3O3/c29-23-10-8-21(9-11-23)24-7-4-16-31(24)25(33)17-28(22-5-2-1-3-6-22)18-26(34)32(27(28)35)19-20-12-14-30-15-13-20/h1-3,5-6,8-15,24H,4,7,16-19H2/t24-,28+/m1/s1. The zero-order valence-corrected chi connectivity index (χ0v) is 19.3. The van der Waals surface area contributed by atoms with Gasteiger partial charge in [0.15, 0.2) is 0 Å². The zero-order valence-electron chi connectivity index (χ0n) is 19.3. The number of rotatable bonds is 6. The van der Waals surface area contributed by atoms with Crippen molar-refractivity contribution in [3.8, 4) is 0 Å². The number of imide groups is 1. The monoisotopic (exact) mass is 471 g/mol. The van der Waals surface area contributed by atoms with E-state index in [-0.39, 0.29) is 49.0 Å². The molecule has 3 amide bonds. The smallest absolute Gasteiger partial charge is 0.241 e. The molecule has 178 valence electrons. The molecule has 0 unspecified atom stereocenters. The Bertz CT molecular complexity index is 1230. The first-order chi connectivity index (χ1) is 17.0. The van der Waals surface area contributed by atoms with E-state index in [2.05, 4.69) is 4.98 Å². The Labute approximate surface area is 203 Å². The Morgan fingerprint density at radius 2 is 1.71 bits per heavy atom. The molecule has 0 saturated carbocycles. The minimum Gasteiger partial charge on any atom is -0.336 e. The lowest BCUT2D eigenvalue weighted by Gasteiger charge is -2.31. The Kier molecular flexibility index (Phi) is 6.16. The highest BCUT2D eigenvalue weighted by molar-refractivity contribution is 6.10. The molecule has 2 saturated heterocycles. The van der Waals surface area contributed by atoms with Gasteiger partial charge in [-0.25, -0.2) is 4.39 Å². The van der Waals surface area contributed by atoms with Crippen LogP contribution in [-0.4, -0.2) is 39.1 Å². The summed E-state index contributed by atoms with van der Waals surface area (Å²) in [4.78, 5) is 47.7. The predicted octanol–water partition coefficient (Wildman–Crippen LogP) is 4.17. The van der Waals surface area contributed by atoms with Gasteiger partial charge in [-0.05, 0) is 53.8 Å². The summed E-state index contributed by atoms with van der Waals surface area (Å²) in [6.45, 7) is 0.708. The number of likely N-dealkylation sites (tertiary alicyclic amines) is 2. The van der Waals surface area contributed by atoms with E-state index < -0.39 is 5.41 Å². The quantitative estimate of drug-likeness (QED) is 0.506. The van der Waals surface area contributed by atoms with E-state index in [4.69, 9.17) is 0 Å². The number of pyridine rings is 1. The van der Waals surface area contributed by atoms with Crippen LogP contribution in [0.3, 0.4) is 0 Å². The molecular formula is C28H26FN3O3. The van der Waals surface area contributed by atoms with Gasteiger partial charge in [-0.2, -0.15) is 0 Å². The van der Waals surface area contributed by atoms with Crippen molar-refractivity contribution in [2.75, 3.05) is 6.54 Å². The van der Waals surface area contributed by atoms with Crippen LogP contribution in [0, 0.1) is 5.82 Å². The lowest BCUT2D eigenvalue weighted by atomic mass is 9.75. The minimum atomic E-state index is -1.25. The average Bonchev–Trinajstić information content (AvgIpc) is 3.46. The highest BCUT2D eigenvalue weighted by atomic mass is 19.1. The third-order valence-corrected chi connectivity index (χ3v) is 7.11. The lowest BCUT2D eigenvalue weighted by Crippen LogP contribution is -2.43. The number of nitrogens with zero attached hydrogens (tertiary/aromatic N) is 3. The third kappa shape index (κ3) is 4.34. The molecule has 0 bridgehead atoms. The van der Waals surface area contributed by atoms with Crippen molar-refractivity contribution in [1.82, 2.24) is 14.8 Å². The highest BCUT2D eigenvalue weighted by Crippen LogP contribution is 2.42. The first-order valence-corrected chi connectivity index (χ1v) is 11.8. The van der Waals surface area contributed by atoms with E-state index in [1.54, 1.807) is 41.6 Å². The molecule has 7 heteroatoms. The first-order valence-electron chi connectivity index (χ1n) is 11.8. The molecule has 5 rings (SSSR count). The molecule has 3 heterocycles. The molecule has 0 aliphatic carbocycles. The molecule has 0 N–H and O–H groups in total. The SMILES string of the molecule is O=C1C[C@@](CC(=O)N2CCC[C@@H]2c2ccc(F)cc2)(c2ccccc2)C(=O)N1Cc1ccncc1. The molecule has 2 aliphatic rings. The van der Waals surface area contributed by atoms with Gasteiger partial charge < -0.3 is 4.90 Å². The van der Waals surface area contributed by atoms with Gasteiger partial charge in [0.1, 0.15) is 5.82 Å². The molecule has 2 aromatic carbocycles. The van der Waals surface area contributed by atoms with Crippen molar-refractivity contribution in [2.45, 2.75) is 43.7 Å². The topological polar surface area (TPSA) is 70.6 Å². The van der Waals surface area contributed by atoms with E-state index in [1.807, 2.05) is 30.3 Å². The van der Waals surface area contributed by atoms with Gasteiger partial charge in [0.2, 0.25) is 17.7 Å². The molecular weight excluding hydrogens is 445 g/mol. The second-order valence-corrected chi connectivity index (χ2v) is 9.24. The largest absolute Gasteiger partial charge is 0.336 e. The maximum atomic E-state index is 13.9. The number of carbonyl (C=O) groups is 3. The lowest BCUT2D eigenvalue weighted by molar-refractivity contribution is -0.143. The molecule has 6 nitrogen and oxygen atoms in total. The summed E-state index contributed by atoms with van der Waals surface area (Å²) in [5, 5.41) is 0. The maximum Gasteiger partial charge on any atom is 0.241 e. The number of hydrogen-bond donors (Lipinski definition) is 0. The van der Waals surface area contributed by atoms with Crippen LogP contribution >= 0.6 is 0 Å². The van der Waals surface area contributed by atoms with Gasteiger partial charge in [-0.1, -0.05) is 42.5 Å². The Morgan fingerprint density at radius 3 is 2.43 bits per heavy atom. The normalized spacial score (nSPS) is 22.1. The van der Waals surface area contributed by atoms with E-state index >= 15 is 0 Å². The van der Waals surface area contributed by atoms with Gasteiger partial charge >= 0.3 is 0 Å². The summed E-state index contributed by atoms with van der Waals surface area (Å²) in [5.41, 5.74) is 1.09. The number of halogens is 1. The van der Waals surface area contributed by atoms with Gasteiger partial charge in [-0.3, -0.25) is 24.3 Å². The predicted molar refractivity (Wildman–Crippen MR) is 127 cm³/mol. The van der Waals surface area contributed by atoms with Crippen LogP contribution in [0.4, 0.5) is 4.39 Å². The van der Waals surface area contributed by atoms with Crippen LogP contribution in [0.15, 0.2) is 79.1 Å². The van der Waals surface area contributed by atoms with Crippen molar-refractivity contribution in [3.05, 3.63) is 102 Å². The summed E-state index contributed by atoms with van der Waals surface area (Å²) in [6, 6.07) is 18.7. The van der Waals surface area contributed by atoms with Crippen LogP contribution < -0.4 is 0 Å². The van der Waals surface area contributed by atoms with Gasteiger partial charge in [-0.15, -0.1) is 0 Å². The van der Waals surface area contributed by atoms with E-state index in [9.17, 15) is 18.8 Å². The van der Waals surface area contributed by atoms with Crippen LogP contribution in [0.5, 0.6) is 0 Å². The second-order valence-electron chi connectivity index (χ2n) is 9.24. The first kappa shape index (κ1) is 22.9. The average molecular weight is 472 g/mol. The second kappa shape index (κ2) is 9.41. The molecule has 2 fully saturated rings. The van der Waals surface area contributed by atoms with Crippen LogP contribution in [0.25, 0.3) is 0 Å². The summed E-state index contributed by atoms with van der Waals surface area (Å²) >= 11 is 0. The van der Waals surface area contributed by atoms with Crippen LogP contribution in [-0.2, 0) is 26.3 Å². The summed E-state index contributed by atoms with van der Waals surface area (Å²) in [7, 11) is 0. The summed E-state index contributed by atoms with van der Waals surface area (Å²) < 4.78 is 13.5. The van der Waals surface area contributed by atoms with Crippen LogP contribution in [0.2, 0.25) is 0 Å². The molecule has 2 atom stereocenters. The molecule has 3 aromatic rings. The fourth-order valence-corrected chi connectivity index (χ4v) is 5.31. The molecule has 0 spiro atoms. The molecule has 0 radical (unpaired) electrons. The van der Waals surface area contributed by atoms with E-state index in [1.165, 1.54) is 17.0 Å². The van der Waals surface area contributed by atoms with Crippen molar-refractivity contribution >= 4 is 17.7 Å². The van der Waals surface area contributed by atoms with Gasteiger partial charge in [0.05, 0.1) is 18.0 Å². The molecule has 2 aliphatic heterocycles. The van der Waals surface area contributed by atoms with Crippen molar-refractivity contribution in [2.24, 2.45) is 0 Å². The molecule has 35 heavy (non-hydrogen) atoms. The van der Waals surface area contributed by atoms with Crippen LogP contribution in [0.1, 0.15) is 48.4 Å². The fraction of sp³-hybridized carbons (Fsp3) is 0.286. The van der Waals surface area contributed by atoms with Gasteiger partial charge in [0.25, 0.3) is 0 Å². The molecule has 1 aromatic heterocycles. The van der Waals surface area contributed by atoms with E-state index in [0.29, 0.717) is 12.1 Å². The highest BCUT2D eigenvalue weighted by Gasteiger charge is 2.54. The Balaban J connectivity index is 1.45. The number of hydrogen-bond acceptors (Lipinski definition) is 4. The number of amides is 3. The van der Waals surface area contributed by atoms with Crippen molar-refractivity contribution in [1.29, 1.82) is 0 Å². The Morgan fingerprint density at radius 1 is 1.00 bits per heavy atom. The minimum absolute atomic E-state index is 0.0538. The number of carbonyl (C=O) groups excluding carboxylic acids is 3. The van der Waals surface area contributed by atoms with Crippen molar-refractivity contribution in [3.63, 3.8) is 0 Å². The number of benzene rings is 2. The number of aromatic nitrogens is 1. The third-order valence-electron chi connectivity index (χ3n) is 7.11. The zero-order chi connectivity index (χ0) is 24.4. The van der Waals surface area contributed by atoms with E-state index in [0.717, 1.165) is 24.0 Å².